The van der Waals surface area contributed by atoms with Crippen molar-refractivity contribution in [2.45, 2.75) is 0 Å². The van der Waals surface area contributed by atoms with Crippen LogP contribution in [-0.2, 0) is 0 Å². The van der Waals surface area contributed by atoms with E-state index in [0.29, 0.717) is 5.56 Å². The van der Waals surface area contributed by atoms with Crippen molar-refractivity contribution < 1.29 is 8.78 Å². The van der Waals surface area contributed by atoms with Crippen LogP contribution in [0.15, 0.2) is 24.8 Å². The van der Waals surface area contributed by atoms with Gasteiger partial charge < -0.3 is 0 Å². The van der Waals surface area contributed by atoms with Crippen LogP contribution >= 0.6 is 0 Å². The molecule has 0 saturated carbocycles. The van der Waals surface area contributed by atoms with Crippen LogP contribution in [0.3, 0.4) is 0 Å². The van der Waals surface area contributed by atoms with Crippen LogP contribution in [0.2, 0.25) is 0 Å². The zero-order valence-electron chi connectivity index (χ0n) is 6.14. The van der Waals surface area contributed by atoms with E-state index in [4.69, 9.17) is 5.26 Å². The zero-order chi connectivity index (χ0) is 9.14. The highest BCUT2D eigenvalue weighted by Crippen LogP contribution is 2.14. The topological polar surface area (TPSA) is 23.8 Å². The van der Waals surface area contributed by atoms with Crippen LogP contribution in [0.4, 0.5) is 8.78 Å². The molecule has 1 rings (SSSR count). The van der Waals surface area contributed by atoms with Crippen molar-refractivity contribution in [3.05, 3.63) is 42.0 Å². The summed E-state index contributed by atoms with van der Waals surface area (Å²) in [5.74, 6) is -1.90. The van der Waals surface area contributed by atoms with Crippen molar-refractivity contribution >= 4 is 5.57 Å². The average molecular weight is 165 g/mol. The molecule has 12 heavy (non-hydrogen) atoms. The van der Waals surface area contributed by atoms with E-state index in [1.165, 1.54) is 6.07 Å². The van der Waals surface area contributed by atoms with E-state index < -0.39 is 11.6 Å². The lowest BCUT2D eigenvalue weighted by atomic mass is 10.1. The van der Waals surface area contributed by atoms with Crippen molar-refractivity contribution in [2.75, 3.05) is 0 Å². The van der Waals surface area contributed by atoms with Gasteiger partial charge in [-0.05, 0) is 17.7 Å². The van der Waals surface area contributed by atoms with Crippen LogP contribution < -0.4 is 0 Å². The standard InChI is InChI=1S/C9H5F2N/c1-6(5-12)7-2-3-8(10)9(11)4-7/h2-4H,1H2. The lowest BCUT2D eigenvalue weighted by molar-refractivity contribution is 0.508. The van der Waals surface area contributed by atoms with Gasteiger partial charge in [-0.2, -0.15) is 5.26 Å². The normalized spacial score (nSPS) is 9.08. The molecule has 0 bridgehead atoms. The van der Waals surface area contributed by atoms with Gasteiger partial charge in [-0.15, -0.1) is 0 Å². The molecule has 0 aromatic heterocycles. The lowest BCUT2D eigenvalue weighted by Gasteiger charge is -1.97. The Morgan fingerprint density at radius 2 is 2.00 bits per heavy atom. The van der Waals surface area contributed by atoms with Gasteiger partial charge in [0.15, 0.2) is 11.6 Å². The Morgan fingerprint density at radius 1 is 1.33 bits per heavy atom. The lowest BCUT2D eigenvalue weighted by Crippen LogP contribution is -1.86. The van der Waals surface area contributed by atoms with Crippen LogP contribution in [0, 0.1) is 23.0 Å². The molecule has 60 valence electrons. The molecule has 3 heteroatoms. The van der Waals surface area contributed by atoms with Crippen molar-refractivity contribution in [1.82, 2.24) is 0 Å². The molecular formula is C9H5F2N. The zero-order valence-corrected chi connectivity index (χ0v) is 6.14. The third-order valence-corrected chi connectivity index (χ3v) is 1.40. The highest BCUT2D eigenvalue weighted by molar-refractivity contribution is 5.74. The fraction of sp³-hybridized carbons (Fsp3) is 0. The largest absolute Gasteiger partial charge is 0.204 e. The maximum atomic E-state index is 12.6. The second-order valence-corrected chi connectivity index (χ2v) is 2.22. The molecule has 0 radical (unpaired) electrons. The predicted octanol–water partition coefficient (Wildman–Crippen LogP) is 2.50. The SMILES string of the molecule is C=C(C#N)c1ccc(F)c(F)c1. The predicted molar refractivity (Wildman–Crippen MR) is 41.0 cm³/mol. The van der Waals surface area contributed by atoms with Crippen molar-refractivity contribution in [1.29, 1.82) is 5.26 Å². The van der Waals surface area contributed by atoms with Crippen LogP contribution in [0.5, 0.6) is 0 Å². The van der Waals surface area contributed by atoms with E-state index in [-0.39, 0.29) is 5.57 Å². The average Bonchev–Trinajstić information content (AvgIpc) is 2.08. The smallest absolute Gasteiger partial charge is 0.159 e. The number of nitrogens with zero attached hydrogens (tertiary/aromatic N) is 1. The highest BCUT2D eigenvalue weighted by Gasteiger charge is 2.03. The molecule has 1 aromatic carbocycles. The second-order valence-electron chi connectivity index (χ2n) is 2.22. The number of benzene rings is 1. The summed E-state index contributed by atoms with van der Waals surface area (Å²) in [7, 11) is 0. The monoisotopic (exact) mass is 165 g/mol. The first-order valence-electron chi connectivity index (χ1n) is 3.19. The maximum Gasteiger partial charge on any atom is 0.159 e. The first-order chi connectivity index (χ1) is 5.65. The number of halogens is 2. The quantitative estimate of drug-likeness (QED) is 0.586. The van der Waals surface area contributed by atoms with Crippen molar-refractivity contribution in [3.8, 4) is 6.07 Å². The summed E-state index contributed by atoms with van der Waals surface area (Å²) in [5.41, 5.74) is 0.422. The maximum absolute atomic E-state index is 12.6. The second kappa shape index (κ2) is 3.14. The summed E-state index contributed by atoms with van der Waals surface area (Å²) in [6.45, 7) is 3.36. The third kappa shape index (κ3) is 1.48. The molecule has 0 fully saturated rings. The summed E-state index contributed by atoms with van der Waals surface area (Å²) in [4.78, 5) is 0. The first-order valence-corrected chi connectivity index (χ1v) is 3.19. The first kappa shape index (κ1) is 8.41. The number of hydrogen-bond acceptors (Lipinski definition) is 1. The fourth-order valence-electron chi connectivity index (χ4n) is 0.748. The Morgan fingerprint density at radius 3 is 2.50 bits per heavy atom. The Bertz CT molecular complexity index is 363. The number of hydrogen-bond donors (Lipinski definition) is 0. The highest BCUT2D eigenvalue weighted by atomic mass is 19.2. The van der Waals surface area contributed by atoms with E-state index in [2.05, 4.69) is 6.58 Å². The third-order valence-electron chi connectivity index (χ3n) is 1.40. The molecule has 0 aliphatic rings. The minimum Gasteiger partial charge on any atom is -0.204 e. The van der Waals surface area contributed by atoms with Gasteiger partial charge in [0.25, 0.3) is 0 Å². The van der Waals surface area contributed by atoms with E-state index in [0.717, 1.165) is 12.1 Å². The van der Waals surface area contributed by atoms with Crippen LogP contribution in [0.1, 0.15) is 5.56 Å². The van der Waals surface area contributed by atoms with Crippen LogP contribution in [0.25, 0.3) is 5.57 Å². The Labute approximate surface area is 68.6 Å². The van der Waals surface area contributed by atoms with Gasteiger partial charge in [0.2, 0.25) is 0 Å². The van der Waals surface area contributed by atoms with Gasteiger partial charge >= 0.3 is 0 Å². The van der Waals surface area contributed by atoms with Gasteiger partial charge in [-0.3, -0.25) is 0 Å². The van der Waals surface area contributed by atoms with Crippen LogP contribution in [-0.4, -0.2) is 0 Å². The molecule has 0 spiro atoms. The summed E-state index contributed by atoms with van der Waals surface area (Å²) in [6, 6.07) is 4.96. The van der Waals surface area contributed by atoms with Gasteiger partial charge in [0, 0.05) is 0 Å². The van der Waals surface area contributed by atoms with Gasteiger partial charge in [0.05, 0.1) is 11.6 Å². The number of rotatable bonds is 1. The fourth-order valence-corrected chi connectivity index (χ4v) is 0.748. The molecule has 1 aromatic rings. The molecule has 0 unspecified atom stereocenters. The number of allylic oxidation sites excluding steroid dienone is 1. The van der Waals surface area contributed by atoms with Gasteiger partial charge in [-0.25, -0.2) is 8.78 Å². The van der Waals surface area contributed by atoms with E-state index >= 15 is 0 Å². The van der Waals surface area contributed by atoms with Gasteiger partial charge in [-0.1, -0.05) is 12.6 Å². The van der Waals surface area contributed by atoms with Crippen molar-refractivity contribution in [2.24, 2.45) is 0 Å². The summed E-state index contributed by atoms with van der Waals surface area (Å²) in [6.07, 6.45) is 0. The molecule has 1 nitrogen and oxygen atoms in total. The van der Waals surface area contributed by atoms with E-state index in [9.17, 15) is 8.78 Å². The Hall–Kier alpha value is -1.69. The van der Waals surface area contributed by atoms with Gasteiger partial charge in [0.1, 0.15) is 0 Å². The molecule has 0 heterocycles. The minimum atomic E-state index is -0.969. The number of nitriles is 1. The molecule has 0 aliphatic heterocycles. The van der Waals surface area contributed by atoms with E-state index in [1.54, 1.807) is 6.07 Å². The Kier molecular flexibility index (Phi) is 2.20. The molecule has 0 N–H and O–H groups in total. The molecule has 0 saturated heterocycles. The van der Waals surface area contributed by atoms with E-state index in [1.807, 2.05) is 0 Å². The summed E-state index contributed by atoms with van der Waals surface area (Å²) >= 11 is 0. The molecule has 0 amide bonds. The molecule has 0 atom stereocenters. The molecular weight excluding hydrogens is 160 g/mol. The summed E-state index contributed by atoms with van der Waals surface area (Å²) < 4.78 is 24.9. The molecule has 0 aliphatic carbocycles. The Balaban J connectivity index is 3.15. The van der Waals surface area contributed by atoms with Crippen molar-refractivity contribution in [3.63, 3.8) is 0 Å². The minimum absolute atomic E-state index is 0.119. The summed E-state index contributed by atoms with van der Waals surface area (Å²) in [5, 5.41) is 8.38.